The molecular weight excluding hydrogens is 342 g/mol. The maximum Gasteiger partial charge on any atom is 0.307 e. The summed E-state index contributed by atoms with van der Waals surface area (Å²) in [6.07, 6.45) is 0.518. The molecule has 0 amide bonds. The first kappa shape index (κ1) is 18.7. The number of ether oxygens (including phenoxy) is 1. The molecule has 1 N–H and O–H groups in total. The minimum Gasteiger partial charge on any atom is -0.497 e. The quantitative estimate of drug-likeness (QED) is 0.702. The molecule has 3 rings (SSSR count). The molecule has 0 aliphatic heterocycles. The predicted octanol–water partition coefficient (Wildman–Crippen LogP) is 4.42. The molecule has 0 bridgehead atoms. The fraction of sp³-hybridized carbons (Fsp3) is 0.273. The van der Waals surface area contributed by atoms with Crippen LogP contribution in [0.3, 0.4) is 0 Å². The van der Waals surface area contributed by atoms with E-state index in [-0.39, 0.29) is 18.2 Å². The third-order valence-electron chi connectivity index (χ3n) is 5.00. The zero-order chi connectivity index (χ0) is 19.6. The van der Waals surface area contributed by atoms with Gasteiger partial charge < -0.3 is 9.84 Å². The molecule has 0 aliphatic carbocycles. The molecule has 0 radical (unpaired) electrons. The molecule has 1 aromatic heterocycles. The zero-order valence-corrected chi connectivity index (χ0v) is 15.7. The van der Waals surface area contributed by atoms with E-state index in [1.807, 2.05) is 43.3 Å². The Morgan fingerprint density at radius 3 is 2.44 bits per heavy atom. The van der Waals surface area contributed by atoms with Crippen LogP contribution in [0.2, 0.25) is 0 Å². The zero-order valence-electron chi connectivity index (χ0n) is 15.7. The van der Waals surface area contributed by atoms with Crippen LogP contribution in [0.5, 0.6) is 5.75 Å². The van der Waals surface area contributed by atoms with Crippen molar-refractivity contribution in [1.82, 2.24) is 4.57 Å². The van der Waals surface area contributed by atoms with Gasteiger partial charge in [0.1, 0.15) is 5.75 Å². The SMILES string of the molecule is CCC(C(=O)n1c(C)c(CC(=O)O)c2cc(OC)ccc21)c1ccccc1. The van der Waals surface area contributed by atoms with E-state index in [9.17, 15) is 14.7 Å². The summed E-state index contributed by atoms with van der Waals surface area (Å²) >= 11 is 0. The van der Waals surface area contributed by atoms with Gasteiger partial charge in [0, 0.05) is 11.1 Å². The number of aliphatic carboxylic acids is 1. The number of nitrogens with zero attached hydrogens (tertiary/aromatic N) is 1. The highest BCUT2D eigenvalue weighted by atomic mass is 16.5. The number of carboxylic acids is 1. The molecule has 0 aliphatic rings. The Kier molecular flexibility index (Phi) is 5.31. The van der Waals surface area contributed by atoms with Crippen molar-refractivity contribution in [3.63, 3.8) is 0 Å². The van der Waals surface area contributed by atoms with E-state index in [4.69, 9.17) is 4.74 Å². The number of carboxylic acid groups (broad SMARTS) is 1. The van der Waals surface area contributed by atoms with Crippen LogP contribution in [0.25, 0.3) is 10.9 Å². The van der Waals surface area contributed by atoms with Crippen LogP contribution in [0.15, 0.2) is 48.5 Å². The van der Waals surface area contributed by atoms with E-state index < -0.39 is 5.97 Å². The van der Waals surface area contributed by atoms with Crippen LogP contribution in [0.1, 0.15) is 40.9 Å². The molecule has 1 heterocycles. The van der Waals surface area contributed by atoms with Crippen LogP contribution in [0, 0.1) is 6.92 Å². The number of methoxy groups -OCH3 is 1. The first-order valence-corrected chi connectivity index (χ1v) is 8.96. The van der Waals surface area contributed by atoms with Crippen LogP contribution < -0.4 is 4.74 Å². The molecule has 5 nitrogen and oxygen atoms in total. The molecule has 5 heteroatoms. The topological polar surface area (TPSA) is 68.5 Å². The van der Waals surface area contributed by atoms with Crippen molar-refractivity contribution in [3.05, 3.63) is 65.4 Å². The first-order valence-electron chi connectivity index (χ1n) is 8.96. The summed E-state index contributed by atoms with van der Waals surface area (Å²) in [5.74, 6) is -0.635. The van der Waals surface area contributed by atoms with Gasteiger partial charge in [0.15, 0.2) is 0 Å². The Hall–Kier alpha value is -3.08. The normalized spacial score (nSPS) is 12.1. The number of benzene rings is 2. The summed E-state index contributed by atoms with van der Waals surface area (Å²) in [5.41, 5.74) is 2.98. The van der Waals surface area contributed by atoms with Gasteiger partial charge in [-0.2, -0.15) is 0 Å². The van der Waals surface area contributed by atoms with Gasteiger partial charge in [0.2, 0.25) is 5.91 Å². The highest BCUT2D eigenvalue weighted by molar-refractivity contribution is 6.00. The predicted molar refractivity (Wildman–Crippen MR) is 105 cm³/mol. The Morgan fingerprint density at radius 1 is 1.15 bits per heavy atom. The molecule has 0 saturated heterocycles. The Labute approximate surface area is 158 Å². The maximum atomic E-state index is 13.4. The highest BCUT2D eigenvalue weighted by Crippen LogP contribution is 2.32. The minimum atomic E-state index is -0.928. The summed E-state index contributed by atoms with van der Waals surface area (Å²) in [6, 6.07) is 15.1. The highest BCUT2D eigenvalue weighted by Gasteiger charge is 2.26. The van der Waals surface area contributed by atoms with E-state index in [2.05, 4.69) is 0 Å². The van der Waals surface area contributed by atoms with Gasteiger partial charge in [-0.15, -0.1) is 0 Å². The lowest BCUT2D eigenvalue weighted by Gasteiger charge is -2.17. The molecule has 2 aromatic carbocycles. The lowest BCUT2D eigenvalue weighted by Crippen LogP contribution is -2.21. The second kappa shape index (κ2) is 7.66. The van der Waals surface area contributed by atoms with Crippen LogP contribution in [-0.4, -0.2) is 28.7 Å². The van der Waals surface area contributed by atoms with E-state index in [0.717, 1.165) is 10.9 Å². The molecule has 27 heavy (non-hydrogen) atoms. The van der Waals surface area contributed by atoms with E-state index in [0.29, 0.717) is 28.9 Å². The maximum absolute atomic E-state index is 13.4. The van der Waals surface area contributed by atoms with Crippen molar-refractivity contribution in [2.24, 2.45) is 0 Å². The summed E-state index contributed by atoms with van der Waals surface area (Å²) in [4.78, 5) is 24.8. The number of hydrogen-bond donors (Lipinski definition) is 1. The summed E-state index contributed by atoms with van der Waals surface area (Å²) in [6.45, 7) is 3.79. The molecule has 3 aromatic rings. The summed E-state index contributed by atoms with van der Waals surface area (Å²) in [5, 5.41) is 10.1. The second-order valence-electron chi connectivity index (χ2n) is 6.56. The molecule has 140 valence electrons. The molecule has 0 saturated carbocycles. The van der Waals surface area contributed by atoms with Crippen molar-refractivity contribution < 1.29 is 19.4 Å². The number of aromatic nitrogens is 1. The van der Waals surface area contributed by atoms with Crippen LogP contribution in [-0.2, 0) is 11.2 Å². The Bertz CT molecular complexity index is 988. The van der Waals surface area contributed by atoms with Crippen molar-refractivity contribution in [3.8, 4) is 5.75 Å². The van der Waals surface area contributed by atoms with E-state index >= 15 is 0 Å². The van der Waals surface area contributed by atoms with Crippen LogP contribution in [0.4, 0.5) is 0 Å². The lowest BCUT2D eigenvalue weighted by molar-refractivity contribution is -0.136. The number of carbonyl (C=O) groups is 2. The number of rotatable bonds is 6. The van der Waals surface area contributed by atoms with Gasteiger partial charge in [-0.3, -0.25) is 14.2 Å². The summed E-state index contributed by atoms with van der Waals surface area (Å²) in [7, 11) is 1.57. The number of hydrogen-bond acceptors (Lipinski definition) is 3. The van der Waals surface area contributed by atoms with Crippen molar-refractivity contribution in [2.75, 3.05) is 7.11 Å². The standard InChI is InChI=1S/C22H23NO4/c1-4-17(15-8-6-5-7-9-15)22(26)23-14(2)18(13-21(24)25)19-12-16(27-3)10-11-20(19)23/h5-12,17H,4,13H2,1-3H3,(H,24,25). The fourth-order valence-electron chi connectivity index (χ4n) is 3.64. The molecule has 0 spiro atoms. The molecular formula is C22H23NO4. The molecule has 0 fully saturated rings. The fourth-order valence-corrected chi connectivity index (χ4v) is 3.64. The lowest BCUT2D eigenvalue weighted by atomic mass is 9.95. The third kappa shape index (κ3) is 3.45. The van der Waals surface area contributed by atoms with Crippen molar-refractivity contribution in [2.45, 2.75) is 32.6 Å². The molecule has 1 atom stereocenters. The number of fused-ring (bicyclic) bond motifs is 1. The minimum absolute atomic E-state index is 0.0481. The van der Waals surface area contributed by atoms with Gasteiger partial charge in [0.05, 0.1) is 25.0 Å². The van der Waals surface area contributed by atoms with E-state index in [1.165, 1.54) is 0 Å². The number of carbonyl (C=O) groups excluding carboxylic acids is 1. The van der Waals surface area contributed by atoms with Gasteiger partial charge in [-0.05, 0) is 42.7 Å². The second-order valence-corrected chi connectivity index (χ2v) is 6.56. The summed E-state index contributed by atoms with van der Waals surface area (Å²) < 4.78 is 6.95. The largest absolute Gasteiger partial charge is 0.497 e. The average Bonchev–Trinajstić information content (AvgIpc) is 2.93. The van der Waals surface area contributed by atoms with Crippen molar-refractivity contribution >= 4 is 22.8 Å². The first-order chi connectivity index (χ1) is 13.0. The van der Waals surface area contributed by atoms with Crippen molar-refractivity contribution in [1.29, 1.82) is 0 Å². The van der Waals surface area contributed by atoms with Crippen LogP contribution >= 0.6 is 0 Å². The van der Waals surface area contributed by atoms with Gasteiger partial charge in [-0.25, -0.2) is 0 Å². The van der Waals surface area contributed by atoms with Gasteiger partial charge >= 0.3 is 5.97 Å². The van der Waals surface area contributed by atoms with Gasteiger partial charge in [-0.1, -0.05) is 37.3 Å². The third-order valence-corrected chi connectivity index (χ3v) is 5.00. The Balaban J connectivity index is 2.19. The monoisotopic (exact) mass is 365 g/mol. The van der Waals surface area contributed by atoms with E-state index in [1.54, 1.807) is 30.7 Å². The van der Waals surface area contributed by atoms with Gasteiger partial charge in [0.25, 0.3) is 0 Å². The smallest absolute Gasteiger partial charge is 0.307 e. The Morgan fingerprint density at radius 2 is 1.85 bits per heavy atom. The molecule has 1 unspecified atom stereocenters. The average molecular weight is 365 g/mol.